The van der Waals surface area contributed by atoms with E-state index in [0.717, 1.165) is 6.08 Å². The number of carboxylic acids is 1. The highest BCUT2D eigenvalue weighted by Gasteiger charge is 2.15. The number of H-pyrrole nitrogens is 1. The molecular formula is C17H13N5O4. The molecule has 0 aliphatic rings. The summed E-state index contributed by atoms with van der Waals surface area (Å²) in [7, 11) is 1.49. The second-order valence-electron chi connectivity index (χ2n) is 5.66. The van der Waals surface area contributed by atoms with Gasteiger partial charge in [-0.05, 0) is 17.5 Å². The molecule has 4 N–H and O–H groups in total. The molecule has 9 heteroatoms. The molecule has 2 aromatic carbocycles. The largest absolute Gasteiger partial charge is 0.478 e. The minimum absolute atomic E-state index is 0.177. The van der Waals surface area contributed by atoms with E-state index in [9.17, 15) is 19.5 Å². The number of imidazole rings is 1. The summed E-state index contributed by atoms with van der Waals surface area (Å²) in [5.41, 5.74) is 1.35. The molecule has 0 saturated heterocycles. The van der Waals surface area contributed by atoms with Crippen LogP contribution in [0.15, 0.2) is 35.4 Å². The van der Waals surface area contributed by atoms with E-state index in [1.54, 1.807) is 28.8 Å². The van der Waals surface area contributed by atoms with Gasteiger partial charge in [-0.15, -0.1) is 0 Å². The number of nitrogens with one attached hydrogen (secondary N) is 3. The average Bonchev–Trinajstić information content (AvgIpc) is 3.19. The second kappa shape index (κ2) is 5.59. The van der Waals surface area contributed by atoms with E-state index in [4.69, 9.17) is 0 Å². The molecule has 9 nitrogen and oxygen atoms in total. The van der Waals surface area contributed by atoms with Gasteiger partial charge in [-0.2, -0.15) is 0 Å². The van der Waals surface area contributed by atoms with Crippen LogP contribution in [0.1, 0.15) is 0 Å². The fourth-order valence-corrected chi connectivity index (χ4v) is 3.11. The first-order chi connectivity index (χ1) is 12.5. The zero-order chi connectivity index (χ0) is 18.4. The van der Waals surface area contributed by atoms with Gasteiger partial charge in [0.05, 0.1) is 11.0 Å². The third kappa shape index (κ3) is 2.25. The first-order valence-corrected chi connectivity index (χ1v) is 7.67. The van der Waals surface area contributed by atoms with Crippen molar-refractivity contribution in [3.8, 4) is 0 Å². The van der Waals surface area contributed by atoms with Gasteiger partial charge in [0.1, 0.15) is 0 Å². The van der Waals surface area contributed by atoms with Crippen LogP contribution in [0.25, 0.3) is 33.5 Å². The van der Waals surface area contributed by atoms with E-state index < -0.39 is 12.0 Å². The predicted octanol–water partition coefficient (Wildman–Crippen LogP) is 0.664. The van der Waals surface area contributed by atoms with Crippen molar-refractivity contribution >= 4 is 51.2 Å². The third-order valence-corrected chi connectivity index (χ3v) is 4.15. The number of amides is 2. The summed E-state index contributed by atoms with van der Waals surface area (Å²) in [4.78, 5) is 42.0. The Morgan fingerprint density at radius 3 is 2.85 bits per heavy atom. The first-order valence-electron chi connectivity index (χ1n) is 7.67. The lowest BCUT2D eigenvalue weighted by Crippen LogP contribution is -2.24. The van der Waals surface area contributed by atoms with Gasteiger partial charge in [0.2, 0.25) is 5.65 Å². The highest BCUT2D eigenvalue weighted by atomic mass is 16.4. The van der Waals surface area contributed by atoms with Gasteiger partial charge in [-0.3, -0.25) is 9.20 Å². The number of carboxylic acid groups (broad SMARTS) is 1. The number of carbonyl (C=O) groups is 2. The van der Waals surface area contributed by atoms with Gasteiger partial charge in [0.25, 0.3) is 5.56 Å². The second-order valence-corrected chi connectivity index (χ2v) is 5.66. The molecule has 0 aliphatic carbocycles. The Morgan fingerprint density at radius 2 is 2.12 bits per heavy atom. The van der Waals surface area contributed by atoms with Crippen LogP contribution in [0.3, 0.4) is 0 Å². The van der Waals surface area contributed by atoms with Crippen molar-refractivity contribution in [1.82, 2.24) is 19.7 Å². The molecular weight excluding hydrogens is 338 g/mol. The highest BCUT2D eigenvalue weighted by molar-refractivity contribution is 6.14. The van der Waals surface area contributed by atoms with E-state index in [1.165, 1.54) is 13.2 Å². The maximum Gasteiger partial charge on any atom is 0.329 e. The summed E-state index contributed by atoms with van der Waals surface area (Å²) < 4.78 is 1.56. The zero-order valence-electron chi connectivity index (χ0n) is 13.5. The molecule has 0 spiro atoms. The molecule has 2 heterocycles. The molecule has 0 atom stereocenters. The van der Waals surface area contributed by atoms with Crippen molar-refractivity contribution in [3.05, 3.63) is 46.2 Å². The number of anilines is 1. The summed E-state index contributed by atoms with van der Waals surface area (Å²) in [5, 5.41) is 16.1. The Morgan fingerprint density at radius 1 is 1.31 bits per heavy atom. The zero-order valence-corrected chi connectivity index (χ0v) is 13.5. The number of rotatable bonds is 2. The van der Waals surface area contributed by atoms with Crippen LogP contribution in [-0.2, 0) is 4.79 Å². The summed E-state index contributed by atoms with van der Waals surface area (Å²) >= 11 is 0. The molecule has 0 bridgehead atoms. The van der Waals surface area contributed by atoms with Crippen LogP contribution in [0, 0.1) is 0 Å². The molecule has 2 aromatic heterocycles. The molecule has 26 heavy (non-hydrogen) atoms. The van der Waals surface area contributed by atoms with E-state index >= 15 is 0 Å². The van der Waals surface area contributed by atoms with E-state index in [2.05, 4.69) is 20.6 Å². The quantitative estimate of drug-likeness (QED) is 0.422. The summed E-state index contributed by atoms with van der Waals surface area (Å²) in [6.45, 7) is 0. The Labute approximate surface area is 144 Å². The molecule has 4 aromatic rings. The average molecular weight is 351 g/mol. The highest BCUT2D eigenvalue weighted by Crippen LogP contribution is 2.25. The van der Waals surface area contributed by atoms with E-state index in [-0.39, 0.29) is 11.2 Å². The van der Waals surface area contributed by atoms with Gasteiger partial charge in [-0.1, -0.05) is 6.07 Å². The first kappa shape index (κ1) is 15.6. The van der Waals surface area contributed by atoms with Gasteiger partial charge < -0.3 is 20.7 Å². The van der Waals surface area contributed by atoms with E-state index in [1.807, 2.05) is 0 Å². The number of nitrogens with zero attached hydrogens (tertiary/aromatic N) is 2. The number of aromatic amines is 1. The minimum Gasteiger partial charge on any atom is -0.478 e. The lowest BCUT2D eigenvalue weighted by molar-refractivity contribution is -0.129. The van der Waals surface area contributed by atoms with Crippen molar-refractivity contribution in [3.63, 3.8) is 0 Å². The molecule has 0 unspecified atom stereocenters. The number of aromatic nitrogens is 3. The molecule has 4 rings (SSSR count). The Bertz CT molecular complexity index is 1320. The Hall–Kier alpha value is -3.88. The fourth-order valence-electron chi connectivity index (χ4n) is 3.11. The van der Waals surface area contributed by atoms with Crippen LogP contribution in [0.5, 0.6) is 0 Å². The van der Waals surface area contributed by atoms with Crippen molar-refractivity contribution in [1.29, 1.82) is 0 Å². The van der Waals surface area contributed by atoms with Crippen LogP contribution in [-0.4, -0.2) is 38.5 Å². The van der Waals surface area contributed by atoms with Crippen molar-refractivity contribution in [2.24, 2.45) is 0 Å². The van der Waals surface area contributed by atoms with Crippen molar-refractivity contribution in [2.75, 3.05) is 12.4 Å². The fraction of sp³-hybridized carbons (Fsp3) is 0.0588. The van der Waals surface area contributed by atoms with Crippen molar-refractivity contribution in [2.45, 2.75) is 0 Å². The molecule has 0 saturated carbocycles. The Kier molecular flexibility index (Phi) is 3.36. The molecule has 0 aliphatic heterocycles. The monoisotopic (exact) mass is 351 g/mol. The minimum atomic E-state index is -1.12. The standard InChI is InChI=1S/C17H13N5O4/c1-18-17(26)20-8-2-3-9-10(6-8)11(7-12(23)24)14-13(9)21-16(25)15-19-4-5-22(14)15/h2-7H,1H3,(H,21,25)(H,23,24)(H2,18,20,26)/b11-7-. The van der Waals surface area contributed by atoms with Crippen LogP contribution in [0.2, 0.25) is 0 Å². The summed E-state index contributed by atoms with van der Waals surface area (Å²) in [6, 6.07) is 4.67. The van der Waals surface area contributed by atoms with Gasteiger partial charge in [0.15, 0.2) is 0 Å². The molecule has 2 amide bonds. The lowest BCUT2D eigenvalue weighted by atomic mass is 10.2. The van der Waals surface area contributed by atoms with Crippen molar-refractivity contribution < 1.29 is 14.7 Å². The van der Waals surface area contributed by atoms with Gasteiger partial charge in [0, 0.05) is 41.8 Å². The summed E-state index contributed by atoms with van der Waals surface area (Å²) in [6.07, 6.45) is 4.16. The number of urea groups is 1. The smallest absolute Gasteiger partial charge is 0.329 e. The third-order valence-electron chi connectivity index (χ3n) is 4.15. The van der Waals surface area contributed by atoms with Gasteiger partial charge in [-0.25, -0.2) is 14.6 Å². The van der Waals surface area contributed by atoms with Gasteiger partial charge >= 0.3 is 12.0 Å². The Balaban J connectivity index is 2.18. The molecule has 0 radical (unpaired) electrons. The molecule has 0 fully saturated rings. The normalized spacial score (nSPS) is 12.1. The van der Waals surface area contributed by atoms with Crippen LogP contribution in [0.4, 0.5) is 10.5 Å². The predicted molar refractivity (Wildman–Crippen MR) is 96.2 cm³/mol. The van der Waals surface area contributed by atoms with Crippen LogP contribution < -0.4 is 21.4 Å². The number of carbonyl (C=O) groups excluding carboxylic acids is 1. The maximum absolute atomic E-state index is 12.2. The number of aliphatic carboxylic acids is 1. The van der Waals surface area contributed by atoms with E-state index in [0.29, 0.717) is 32.7 Å². The number of benzene rings is 1. The lowest BCUT2D eigenvalue weighted by Gasteiger charge is -2.04. The number of hydrogen-bond donors (Lipinski definition) is 4. The SMILES string of the molecule is CNC(=O)Nc1ccc2c(c1)/c(=C/C(=O)O)c1c2[nH]c(=O)c2nccn21. The topological polar surface area (TPSA) is 129 Å². The molecule has 130 valence electrons. The maximum atomic E-state index is 12.2. The number of hydrogen-bond acceptors (Lipinski definition) is 4. The van der Waals surface area contributed by atoms with Crippen LogP contribution >= 0.6 is 0 Å². The summed E-state index contributed by atoms with van der Waals surface area (Å²) in [5.74, 6) is -1.12. The number of fused-ring (bicyclic) bond motifs is 5.